The fourth-order valence-electron chi connectivity index (χ4n) is 3.16. The van der Waals surface area contributed by atoms with E-state index < -0.39 is 11.4 Å². The van der Waals surface area contributed by atoms with Gasteiger partial charge in [0, 0.05) is 18.8 Å². The molecule has 94 valence electrons. The van der Waals surface area contributed by atoms with E-state index in [2.05, 4.69) is 12.1 Å². The number of nitrogens with zero attached hydrogens (tertiary/aromatic N) is 1. The Morgan fingerprint density at radius 2 is 2.00 bits per heavy atom. The van der Waals surface area contributed by atoms with Crippen LogP contribution in [0.1, 0.15) is 31.2 Å². The zero-order valence-electron chi connectivity index (χ0n) is 10.5. The van der Waals surface area contributed by atoms with Gasteiger partial charge in [0.05, 0.1) is 5.41 Å². The summed E-state index contributed by atoms with van der Waals surface area (Å²) in [6, 6.07) is 8.13. The van der Waals surface area contributed by atoms with E-state index in [1.165, 1.54) is 5.39 Å². The van der Waals surface area contributed by atoms with Crippen LogP contribution in [0.2, 0.25) is 0 Å². The van der Waals surface area contributed by atoms with E-state index >= 15 is 0 Å². The number of aliphatic carboxylic acids is 1. The Kier molecular flexibility index (Phi) is 2.44. The zero-order chi connectivity index (χ0) is 12.8. The van der Waals surface area contributed by atoms with E-state index in [-0.39, 0.29) is 0 Å². The molecule has 0 radical (unpaired) electrons. The first-order valence-electron chi connectivity index (χ1n) is 6.42. The van der Waals surface area contributed by atoms with Gasteiger partial charge < -0.3 is 9.67 Å². The summed E-state index contributed by atoms with van der Waals surface area (Å²) < 4.78 is 2.04. The number of carboxylic acid groups (broad SMARTS) is 1. The van der Waals surface area contributed by atoms with Crippen LogP contribution in [0.5, 0.6) is 0 Å². The fourth-order valence-corrected chi connectivity index (χ4v) is 3.16. The summed E-state index contributed by atoms with van der Waals surface area (Å²) in [7, 11) is 1.99. The minimum atomic E-state index is -0.673. The summed E-state index contributed by atoms with van der Waals surface area (Å²) in [5, 5.41) is 10.8. The number of carboxylic acids is 1. The third-order valence-electron chi connectivity index (χ3n) is 4.31. The normalized spacial score (nSPS) is 18.3. The van der Waals surface area contributed by atoms with Crippen LogP contribution in [-0.4, -0.2) is 15.6 Å². The second-order valence-corrected chi connectivity index (χ2v) is 5.29. The quantitative estimate of drug-likeness (QED) is 0.880. The molecule has 0 atom stereocenters. The summed E-state index contributed by atoms with van der Waals surface area (Å²) in [4.78, 5) is 11.7. The molecule has 0 bridgehead atoms. The molecule has 0 unspecified atom stereocenters. The van der Waals surface area contributed by atoms with Crippen molar-refractivity contribution in [1.82, 2.24) is 4.57 Å². The standard InChI is InChI=1S/C15H17NO2/c1-16-9-6-11-4-5-12(10-13(11)16)15(14(17)18)7-2-3-8-15/h4-6,9-10H,2-3,7-8H2,1H3,(H,17,18). The fraction of sp³-hybridized carbons (Fsp3) is 0.400. The molecule has 2 aromatic rings. The Bertz CT molecular complexity index is 606. The summed E-state index contributed by atoms with van der Waals surface area (Å²) in [6.45, 7) is 0. The number of aromatic nitrogens is 1. The van der Waals surface area contributed by atoms with Gasteiger partial charge in [-0.2, -0.15) is 0 Å². The Morgan fingerprint density at radius 3 is 2.67 bits per heavy atom. The van der Waals surface area contributed by atoms with Crippen molar-refractivity contribution in [3.8, 4) is 0 Å². The van der Waals surface area contributed by atoms with Crippen molar-refractivity contribution < 1.29 is 9.90 Å². The topological polar surface area (TPSA) is 42.2 Å². The van der Waals surface area contributed by atoms with Gasteiger partial charge in [-0.15, -0.1) is 0 Å². The lowest BCUT2D eigenvalue weighted by Gasteiger charge is -2.24. The lowest BCUT2D eigenvalue weighted by molar-refractivity contribution is -0.143. The molecule has 1 aliphatic rings. The van der Waals surface area contributed by atoms with Crippen molar-refractivity contribution in [3.05, 3.63) is 36.0 Å². The summed E-state index contributed by atoms with van der Waals surface area (Å²) in [6.07, 6.45) is 5.56. The molecule has 0 spiro atoms. The predicted octanol–water partition coefficient (Wildman–Crippen LogP) is 3.07. The van der Waals surface area contributed by atoms with Gasteiger partial charge in [-0.3, -0.25) is 4.79 Å². The monoisotopic (exact) mass is 243 g/mol. The highest BCUT2D eigenvalue weighted by atomic mass is 16.4. The average Bonchev–Trinajstić information content (AvgIpc) is 2.97. The summed E-state index contributed by atoms with van der Waals surface area (Å²) in [5.41, 5.74) is 1.42. The molecule has 1 aliphatic carbocycles. The van der Waals surface area contributed by atoms with Gasteiger partial charge in [0.2, 0.25) is 0 Å². The van der Waals surface area contributed by atoms with Crippen molar-refractivity contribution in [3.63, 3.8) is 0 Å². The van der Waals surface area contributed by atoms with Gasteiger partial charge in [0.1, 0.15) is 0 Å². The second-order valence-electron chi connectivity index (χ2n) is 5.29. The molecule has 0 saturated heterocycles. The largest absolute Gasteiger partial charge is 0.481 e. The Labute approximate surface area is 106 Å². The Morgan fingerprint density at radius 1 is 1.28 bits per heavy atom. The first-order chi connectivity index (χ1) is 8.63. The van der Waals surface area contributed by atoms with Crippen molar-refractivity contribution in [2.75, 3.05) is 0 Å². The minimum Gasteiger partial charge on any atom is -0.481 e. The van der Waals surface area contributed by atoms with E-state index in [4.69, 9.17) is 0 Å². The first kappa shape index (κ1) is 11.3. The van der Waals surface area contributed by atoms with Gasteiger partial charge in [0.15, 0.2) is 0 Å². The van der Waals surface area contributed by atoms with E-state index in [0.717, 1.165) is 36.8 Å². The van der Waals surface area contributed by atoms with E-state index in [1.54, 1.807) is 0 Å². The molecule has 3 nitrogen and oxygen atoms in total. The molecule has 0 amide bonds. The summed E-state index contributed by atoms with van der Waals surface area (Å²) >= 11 is 0. The molecule has 3 heteroatoms. The highest BCUT2D eigenvalue weighted by Gasteiger charge is 2.42. The van der Waals surface area contributed by atoms with E-state index in [1.807, 2.05) is 29.9 Å². The average molecular weight is 243 g/mol. The van der Waals surface area contributed by atoms with Gasteiger partial charge in [-0.1, -0.05) is 25.0 Å². The lowest BCUT2D eigenvalue weighted by Crippen LogP contribution is -2.32. The molecular formula is C15H17NO2. The highest BCUT2D eigenvalue weighted by Crippen LogP contribution is 2.42. The smallest absolute Gasteiger partial charge is 0.314 e. The van der Waals surface area contributed by atoms with Crippen LogP contribution in [0.4, 0.5) is 0 Å². The maximum absolute atomic E-state index is 11.7. The number of aryl methyl sites for hydroxylation is 1. The van der Waals surface area contributed by atoms with Gasteiger partial charge >= 0.3 is 5.97 Å². The van der Waals surface area contributed by atoms with Crippen LogP contribution in [0.15, 0.2) is 30.5 Å². The zero-order valence-corrected chi connectivity index (χ0v) is 10.5. The first-order valence-corrected chi connectivity index (χ1v) is 6.42. The van der Waals surface area contributed by atoms with Crippen molar-refractivity contribution in [2.24, 2.45) is 7.05 Å². The third-order valence-corrected chi connectivity index (χ3v) is 4.31. The Balaban J connectivity index is 2.17. The molecule has 3 rings (SSSR count). The van der Waals surface area contributed by atoms with Crippen LogP contribution >= 0.6 is 0 Å². The number of benzene rings is 1. The minimum absolute atomic E-state index is 0.654. The van der Waals surface area contributed by atoms with Crippen molar-refractivity contribution >= 4 is 16.9 Å². The lowest BCUT2D eigenvalue weighted by atomic mass is 9.79. The maximum Gasteiger partial charge on any atom is 0.314 e. The summed E-state index contributed by atoms with van der Waals surface area (Å²) in [5.74, 6) is -0.673. The number of hydrogen-bond acceptors (Lipinski definition) is 1. The van der Waals surface area contributed by atoms with E-state index in [9.17, 15) is 9.90 Å². The number of rotatable bonds is 2. The molecule has 1 heterocycles. The van der Waals surface area contributed by atoms with Crippen molar-refractivity contribution in [1.29, 1.82) is 0 Å². The van der Waals surface area contributed by atoms with E-state index in [0.29, 0.717) is 0 Å². The highest BCUT2D eigenvalue weighted by molar-refractivity contribution is 5.86. The number of carbonyl (C=O) groups is 1. The molecule has 1 fully saturated rings. The molecule has 1 aromatic carbocycles. The molecule has 1 N–H and O–H groups in total. The van der Waals surface area contributed by atoms with Gasteiger partial charge in [-0.05, 0) is 35.9 Å². The van der Waals surface area contributed by atoms with Crippen LogP contribution < -0.4 is 0 Å². The van der Waals surface area contributed by atoms with Crippen LogP contribution in [0.25, 0.3) is 10.9 Å². The maximum atomic E-state index is 11.7. The van der Waals surface area contributed by atoms with Crippen LogP contribution in [0.3, 0.4) is 0 Å². The van der Waals surface area contributed by atoms with Gasteiger partial charge in [0.25, 0.3) is 0 Å². The second kappa shape index (κ2) is 3.87. The predicted molar refractivity (Wildman–Crippen MR) is 70.7 cm³/mol. The molecule has 1 saturated carbocycles. The number of hydrogen-bond donors (Lipinski definition) is 1. The van der Waals surface area contributed by atoms with Gasteiger partial charge in [-0.25, -0.2) is 0 Å². The van der Waals surface area contributed by atoms with Crippen LogP contribution in [0, 0.1) is 0 Å². The molecule has 0 aliphatic heterocycles. The SMILES string of the molecule is Cn1ccc2ccc(C3(C(=O)O)CCCC3)cc21. The Hall–Kier alpha value is -1.77. The third kappa shape index (κ3) is 1.47. The molecule has 18 heavy (non-hydrogen) atoms. The van der Waals surface area contributed by atoms with Crippen molar-refractivity contribution in [2.45, 2.75) is 31.1 Å². The molecular weight excluding hydrogens is 226 g/mol. The molecule has 1 aromatic heterocycles. The van der Waals surface area contributed by atoms with Crippen LogP contribution in [-0.2, 0) is 17.3 Å². The number of fused-ring (bicyclic) bond motifs is 1.